The molecule has 0 spiro atoms. The zero-order valence-corrected chi connectivity index (χ0v) is 18.3. The fraction of sp³-hybridized carbons (Fsp3) is 0.174. The first kappa shape index (κ1) is 20.3. The van der Waals surface area contributed by atoms with Gasteiger partial charge in [0.05, 0.1) is 10.9 Å². The molecule has 4 rings (SSSR count). The molecule has 2 aromatic carbocycles. The van der Waals surface area contributed by atoms with Crippen LogP contribution in [-0.2, 0) is 4.79 Å². The lowest BCUT2D eigenvalue weighted by Crippen LogP contribution is -2.35. The van der Waals surface area contributed by atoms with E-state index in [1.54, 1.807) is 15.9 Å². The van der Waals surface area contributed by atoms with Crippen LogP contribution in [0.4, 0.5) is 0 Å². The van der Waals surface area contributed by atoms with Crippen LogP contribution in [0, 0.1) is 11.7 Å². The number of rotatable bonds is 6. The Labute approximate surface area is 184 Å². The third-order valence-electron chi connectivity index (χ3n) is 5.04. The van der Waals surface area contributed by atoms with E-state index in [9.17, 15) is 4.79 Å². The molecule has 4 aromatic rings. The molecule has 2 heterocycles. The number of nitrogens with zero attached hydrogens (tertiary/aromatic N) is 2. The molecule has 0 saturated heterocycles. The molecule has 30 heavy (non-hydrogen) atoms. The molecule has 2 atom stereocenters. The predicted molar refractivity (Wildman–Crippen MR) is 123 cm³/mol. The Balaban J connectivity index is 1.66. The number of benzene rings is 2. The molecule has 1 amide bonds. The summed E-state index contributed by atoms with van der Waals surface area (Å²) in [4.78, 5) is 14.3. The van der Waals surface area contributed by atoms with Crippen LogP contribution in [0.25, 0.3) is 10.7 Å². The maximum atomic E-state index is 13.3. The maximum Gasteiger partial charge on any atom is 0.243 e. The van der Waals surface area contributed by atoms with Crippen LogP contribution >= 0.6 is 23.6 Å². The van der Waals surface area contributed by atoms with E-state index < -0.39 is 6.04 Å². The van der Waals surface area contributed by atoms with Gasteiger partial charge >= 0.3 is 0 Å². The number of nitrogens with one attached hydrogen (secondary N) is 2. The summed E-state index contributed by atoms with van der Waals surface area (Å²) in [6.07, 6.45) is 0. The van der Waals surface area contributed by atoms with E-state index in [1.165, 1.54) is 5.56 Å². The second-order valence-electron chi connectivity index (χ2n) is 7.14. The third kappa shape index (κ3) is 4.13. The number of amides is 1. The molecule has 152 valence electrons. The van der Waals surface area contributed by atoms with Gasteiger partial charge in [-0.1, -0.05) is 66.2 Å². The van der Waals surface area contributed by atoms with Gasteiger partial charge in [0.15, 0.2) is 10.6 Å². The summed E-state index contributed by atoms with van der Waals surface area (Å²) in [5.74, 6) is 0.545. The van der Waals surface area contributed by atoms with Crippen molar-refractivity contribution in [3.8, 4) is 10.7 Å². The van der Waals surface area contributed by atoms with Gasteiger partial charge in [0.2, 0.25) is 5.91 Å². The standard InChI is InChI=1S/C23H22N4OS2/c1-15-10-12-18(13-11-15)20(17-7-4-3-5-8-17)24-22(28)16(2)27-21(25-26-23(27)29)19-9-6-14-30-19/h3-14,16,20H,1-2H3,(H,24,28)(H,26,29). The summed E-state index contributed by atoms with van der Waals surface area (Å²) in [6, 6.07) is 21.3. The molecule has 0 aliphatic carbocycles. The van der Waals surface area contributed by atoms with Crippen molar-refractivity contribution in [3.63, 3.8) is 0 Å². The predicted octanol–water partition coefficient (Wildman–Crippen LogP) is 5.44. The minimum absolute atomic E-state index is 0.125. The van der Waals surface area contributed by atoms with Crippen molar-refractivity contribution in [2.45, 2.75) is 25.9 Å². The largest absolute Gasteiger partial charge is 0.343 e. The van der Waals surface area contributed by atoms with Crippen LogP contribution in [-0.4, -0.2) is 20.7 Å². The van der Waals surface area contributed by atoms with E-state index in [0.717, 1.165) is 16.0 Å². The van der Waals surface area contributed by atoms with Gasteiger partial charge in [0.25, 0.3) is 0 Å². The number of H-pyrrole nitrogens is 1. The van der Waals surface area contributed by atoms with Crippen molar-refractivity contribution in [2.75, 3.05) is 0 Å². The monoisotopic (exact) mass is 434 g/mol. The second-order valence-corrected chi connectivity index (χ2v) is 8.47. The fourth-order valence-electron chi connectivity index (χ4n) is 3.39. The van der Waals surface area contributed by atoms with Gasteiger partial charge in [-0.05, 0) is 48.6 Å². The minimum Gasteiger partial charge on any atom is -0.343 e. The Kier molecular flexibility index (Phi) is 5.92. The van der Waals surface area contributed by atoms with Gasteiger partial charge in [0, 0.05) is 0 Å². The lowest BCUT2D eigenvalue weighted by atomic mass is 9.97. The van der Waals surface area contributed by atoms with Gasteiger partial charge < -0.3 is 5.32 Å². The lowest BCUT2D eigenvalue weighted by molar-refractivity contribution is -0.124. The number of aromatic amines is 1. The Morgan fingerprint density at radius 3 is 2.43 bits per heavy atom. The Bertz CT molecular complexity index is 1180. The van der Waals surface area contributed by atoms with E-state index in [-0.39, 0.29) is 11.9 Å². The van der Waals surface area contributed by atoms with Gasteiger partial charge in [-0.25, -0.2) is 0 Å². The van der Waals surface area contributed by atoms with E-state index >= 15 is 0 Å². The molecule has 2 aromatic heterocycles. The first-order valence-corrected chi connectivity index (χ1v) is 11.0. The molecule has 0 radical (unpaired) electrons. The summed E-state index contributed by atoms with van der Waals surface area (Å²) in [5.41, 5.74) is 3.23. The van der Waals surface area contributed by atoms with Crippen LogP contribution in [0.3, 0.4) is 0 Å². The molecule has 5 nitrogen and oxygen atoms in total. The zero-order chi connectivity index (χ0) is 21.1. The molecule has 0 bridgehead atoms. The SMILES string of the molecule is Cc1ccc(C(NC(=O)C(C)n2c(-c3cccs3)n[nH]c2=S)c2ccccc2)cc1. The molecule has 2 unspecified atom stereocenters. The summed E-state index contributed by atoms with van der Waals surface area (Å²) in [5, 5.41) is 12.4. The number of aromatic nitrogens is 3. The summed E-state index contributed by atoms with van der Waals surface area (Å²) < 4.78 is 2.20. The number of hydrogen-bond donors (Lipinski definition) is 2. The highest BCUT2D eigenvalue weighted by molar-refractivity contribution is 7.71. The van der Waals surface area contributed by atoms with Gasteiger partial charge in [-0.3, -0.25) is 14.5 Å². The molecular formula is C23H22N4OS2. The van der Waals surface area contributed by atoms with E-state index in [4.69, 9.17) is 12.2 Å². The van der Waals surface area contributed by atoms with Gasteiger partial charge in [-0.2, -0.15) is 5.10 Å². The second kappa shape index (κ2) is 8.77. The molecular weight excluding hydrogens is 412 g/mol. The quantitative estimate of drug-likeness (QED) is 0.397. The van der Waals surface area contributed by atoms with E-state index in [0.29, 0.717) is 10.6 Å². The number of carbonyl (C=O) groups is 1. The van der Waals surface area contributed by atoms with Crippen molar-refractivity contribution < 1.29 is 4.79 Å². The first-order chi connectivity index (χ1) is 14.5. The van der Waals surface area contributed by atoms with Crippen LogP contribution in [0.1, 0.15) is 35.7 Å². The highest BCUT2D eigenvalue weighted by Crippen LogP contribution is 2.27. The molecule has 0 aliphatic rings. The zero-order valence-electron chi connectivity index (χ0n) is 16.7. The van der Waals surface area contributed by atoms with Crippen molar-refractivity contribution in [2.24, 2.45) is 0 Å². The number of aryl methyl sites for hydroxylation is 1. The Morgan fingerprint density at radius 1 is 1.07 bits per heavy atom. The Morgan fingerprint density at radius 2 is 1.77 bits per heavy atom. The molecule has 7 heteroatoms. The Hall–Kier alpha value is -3.03. The van der Waals surface area contributed by atoms with Crippen molar-refractivity contribution in [3.05, 3.63) is 93.6 Å². The topological polar surface area (TPSA) is 62.7 Å². The van der Waals surface area contributed by atoms with Crippen molar-refractivity contribution in [1.82, 2.24) is 20.1 Å². The molecule has 0 fully saturated rings. The van der Waals surface area contributed by atoms with Crippen LogP contribution in [0.15, 0.2) is 72.1 Å². The average Bonchev–Trinajstić information content (AvgIpc) is 3.42. The van der Waals surface area contributed by atoms with Crippen molar-refractivity contribution in [1.29, 1.82) is 0 Å². The smallest absolute Gasteiger partial charge is 0.243 e. The number of thiophene rings is 1. The molecule has 0 saturated carbocycles. The lowest BCUT2D eigenvalue weighted by Gasteiger charge is -2.23. The van der Waals surface area contributed by atoms with Gasteiger partial charge in [-0.15, -0.1) is 11.3 Å². The van der Waals surface area contributed by atoms with E-state index in [1.807, 2.05) is 54.8 Å². The summed E-state index contributed by atoms with van der Waals surface area (Å²) in [6.45, 7) is 3.89. The molecule has 0 aliphatic heterocycles. The minimum atomic E-state index is -0.523. The molecule has 2 N–H and O–H groups in total. The summed E-state index contributed by atoms with van der Waals surface area (Å²) >= 11 is 6.99. The average molecular weight is 435 g/mol. The van der Waals surface area contributed by atoms with Gasteiger partial charge in [0.1, 0.15) is 6.04 Å². The summed E-state index contributed by atoms with van der Waals surface area (Å²) in [7, 11) is 0. The first-order valence-electron chi connectivity index (χ1n) is 9.67. The number of hydrogen-bond acceptors (Lipinski definition) is 4. The van der Waals surface area contributed by atoms with Crippen LogP contribution in [0.2, 0.25) is 0 Å². The highest BCUT2D eigenvalue weighted by Gasteiger charge is 2.25. The van der Waals surface area contributed by atoms with Crippen molar-refractivity contribution >= 4 is 29.5 Å². The normalized spacial score (nSPS) is 13.0. The van der Waals surface area contributed by atoms with Crippen LogP contribution in [0.5, 0.6) is 0 Å². The highest BCUT2D eigenvalue weighted by atomic mass is 32.1. The number of carbonyl (C=O) groups excluding carboxylic acids is 1. The maximum absolute atomic E-state index is 13.3. The third-order valence-corrected chi connectivity index (χ3v) is 6.20. The van der Waals surface area contributed by atoms with Crippen LogP contribution < -0.4 is 5.32 Å². The van der Waals surface area contributed by atoms with E-state index in [2.05, 4.69) is 46.7 Å². The fourth-order valence-corrected chi connectivity index (χ4v) is 4.39.